The Bertz CT molecular complexity index is 253. The molecule has 4 nitrogen and oxygen atoms in total. The molecule has 3 aliphatic heterocycles. The van der Waals surface area contributed by atoms with Gasteiger partial charge in [0, 0.05) is 0 Å². The van der Waals surface area contributed by atoms with Gasteiger partial charge in [0.05, 0.1) is 11.7 Å². The number of epoxide rings is 2. The van der Waals surface area contributed by atoms with E-state index in [2.05, 4.69) is 13.8 Å². The van der Waals surface area contributed by atoms with Gasteiger partial charge in [-0.15, -0.1) is 0 Å². The zero-order chi connectivity index (χ0) is 9.81. The number of fused-ring (bicyclic) bond motifs is 1. The minimum Gasteiger partial charge on any atom is -0.367 e. The molecular weight excluding hydrogens is 184 g/mol. The average Bonchev–Trinajstić information content (AvgIpc) is 2.98. The van der Waals surface area contributed by atoms with Crippen molar-refractivity contribution >= 4 is 0 Å². The zero-order valence-corrected chi connectivity index (χ0v) is 8.62. The number of rotatable bonds is 3. The van der Waals surface area contributed by atoms with Crippen LogP contribution in [0.3, 0.4) is 0 Å². The Hall–Kier alpha value is -0.160. The molecular formula is C10H16O4. The highest BCUT2D eigenvalue weighted by Crippen LogP contribution is 2.47. The minimum absolute atomic E-state index is 0.0414. The molecule has 0 aliphatic carbocycles. The first-order chi connectivity index (χ1) is 6.62. The molecule has 0 N–H and O–H groups in total. The fourth-order valence-electron chi connectivity index (χ4n) is 2.22. The molecule has 0 amide bonds. The van der Waals surface area contributed by atoms with Crippen molar-refractivity contribution in [2.75, 3.05) is 13.2 Å². The van der Waals surface area contributed by atoms with Crippen LogP contribution in [-0.4, -0.2) is 36.6 Å². The van der Waals surface area contributed by atoms with Gasteiger partial charge in [-0.1, -0.05) is 0 Å². The number of hydrogen-bond acceptors (Lipinski definition) is 4. The Balaban J connectivity index is 1.50. The molecule has 3 aliphatic rings. The predicted octanol–water partition coefficient (Wildman–Crippen LogP) is 1.04. The monoisotopic (exact) mass is 200 g/mol. The fourth-order valence-corrected chi connectivity index (χ4v) is 2.22. The summed E-state index contributed by atoms with van der Waals surface area (Å²) in [6.45, 7) is 5.40. The zero-order valence-electron chi connectivity index (χ0n) is 8.62. The SMILES string of the molecule is CC1(C)OC1CCC12COOCC1O2. The van der Waals surface area contributed by atoms with Crippen molar-refractivity contribution in [1.82, 2.24) is 0 Å². The first-order valence-corrected chi connectivity index (χ1v) is 5.22. The van der Waals surface area contributed by atoms with Gasteiger partial charge in [-0.25, -0.2) is 9.78 Å². The third kappa shape index (κ3) is 1.37. The Morgan fingerprint density at radius 3 is 2.64 bits per heavy atom. The normalized spacial score (nSPS) is 48.4. The molecule has 0 spiro atoms. The molecule has 0 aromatic carbocycles. The minimum atomic E-state index is -0.0414. The molecule has 4 heteroatoms. The largest absolute Gasteiger partial charge is 0.367 e. The van der Waals surface area contributed by atoms with Gasteiger partial charge in [0.25, 0.3) is 0 Å². The van der Waals surface area contributed by atoms with Gasteiger partial charge >= 0.3 is 0 Å². The van der Waals surface area contributed by atoms with Crippen molar-refractivity contribution in [2.45, 2.75) is 50.1 Å². The van der Waals surface area contributed by atoms with E-state index in [9.17, 15) is 0 Å². The van der Waals surface area contributed by atoms with E-state index in [4.69, 9.17) is 19.2 Å². The highest BCUT2D eigenvalue weighted by Gasteiger charge is 2.60. The summed E-state index contributed by atoms with van der Waals surface area (Å²) in [4.78, 5) is 9.82. The van der Waals surface area contributed by atoms with Crippen molar-refractivity contribution in [3.05, 3.63) is 0 Å². The molecule has 0 radical (unpaired) electrons. The second kappa shape index (κ2) is 2.70. The lowest BCUT2D eigenvalue weighted by Crippen LogP contribution is -2.30. The summed E-state index contributed by atoms with van der Waals surface area (Å²) in [5.74, 6) is 0. The van der Waals surface area contributed by atoms with Crippen LogP contribution in [0.4, 0.5) is 0 Å². The molecule has 0 saturated carbocycles. The highest BCUT2D eigenvalue weighted by atomic mass is 17.2. The van der Waals surface area contributed by atoms with Crippen LogP contribution in [-0.2, 0) is 19.2 Å². The molecule has 3 heterocycles. The van der Waals surface area contributed by atoms with Crippen LogP contribution in [0.2, 0.25) is 0 Å². The maximum atomic E-state index is 5.61. The molecule has 80 valence electrons. The van der Waals surface area contributed by atoms with Gasteiger partial charge in [-0.2, -0.15) is 0 Å². The van der Waals surface area contributed by atoms with Crippen molar-refractivity contribution in [3.63, 3.8) is 0 Å². The van der Waals surface area contributed by atoms with E-state index in [0.717, 1.165) is 12.8 Å². The Morgan fingerprint density at radius 2 is 2.00 bits per heavy atom. The second-order valence-electron chi connectivity index (χ2n) is 4.97. The van der Waals surface area contributed by atoms with Crippen LogP contribution < -0.4 is 0 Å². The summed E-state index contributed by atoms with van der Waals surface area (Å²) < 4.78 is 11.1. The summed E-state index contributed by atoms with van der Waals surface area (Å²) in [6, 6.07) is 0. The summed E-state index contributed by atoms with van der Waals surface area (Å²) >= 11 is 0. The Morgan fingerprint density at radius 1 is 1.21 bits per heavy atom. The Kier molecular flexibility index (Phi) is 1.75. The Labute approximate surface area is 83.4 Å². The second-order valence-corrected chi connectivity index (χ2v) is 4.97. The van der Waals surface area contributed by atoms with Gasteiger partial charge in [-0.05, 0) is 26.7 Å². The van der Waals surface area contributed by atoms with E-state index in [1.54, 1.807) is 0 Å². The smallest absolute Gasteiger partial charge is 0.124 e. The predicted molar refractivity (Wildman–Crippen MR) is 47.7 cm³/mol. The van der Waals surface area contributed by atoms with Gasteiger partial charge in [0.1, 0.15) is 24.9 Å². The van der Waals surface area contributed by atoms with E-state index in [1.165, 1.54) is 0 Å². The molecule has 14 heavy (non-hydrogen) atoms. The average molecular weight is 200 g/mol. The third-order valence-electron chi connectivity index (χ3n) is 3.51. The standard InChI is InChI=1S/C10H16O4/c1-9(2)7(13-9)3-4-10-6-12-11-5-8(10)14-10/h7-8H,3-6H2,1-2H3. The van der Waals surface area contributed by atoms with E-state index in [0.29, 0.717) is 19.3 Å². The number of hydrogen-bond donors (Lipinski definition) is 0. The quantitative estimate of drug-likeness (QED) is 0.504. The van der Waals surface area contributed by atoms with Crippen LogP contribution in [0.5, 0.6) is 0 Å². The first kappa shape index (κ1) is 9.09. The van der Waals surface area contributed by atoms with Crippen LogP contribution in [0.15, 0.2) is 0 Å². The van der Waals surface area contributed by atoms with E-state index in [-0.39, 0.29) is 17.3 Å². The summed E-state index contributed by atoms with van der Waals surface area (Å²) in [6.07, 6.45) is 2.75. The van der Waals surface area contributed by atoms with Crippen LogP contribution in [0.1, 0.15) is 26.7 Å². The maximum absolute atomic E-state index is 5.61. The van der Waals surface area contributed by atoms with E-state index in [1.807, 2.05) is 0 Å². The maximum Gasteiger partial charge on any atom is 0.124 e. The van der Waals surface area contributed by atoms with Crippen molar-refractivity contribution < 1.29 is 19.2 Å². The molecule has 3 atom stereocenters. The summed E-state index contributed by atoms with van der Waals surface area (Å²) in [7, 11) is 0. The molecule has 0 bridgehead atoms. The van der Waals surface area contributed by atoms with Crippen LogP contribution >= 0.6 is 0 Å². The van der Waals surface area contributed by atoms with Crippen LogP contribution in [0.25, 0.3) is 0 Å². The molecule has 3 saturated heterocycles. The molecule has 3 fully saturated rings. The molecule has 0 aromatic rings. The lowest BCUT2D eigenvalue weighted by atomic mass is 9.96. The topological polar surface area (TPSA) is 43.5 Å². The summed E-state index contributed by atoms with van der Waals surface area (Å²) in [5, 5.41) is 0. The van der Waals surface area contributed by atoms with E-state index >= 15 is 0 Å². The fraction of sp³-hybridized carbons (Fsp3) is 1.00. The highest BCUT2D eigenvalue weighted by molar-refractivity contribution is 5.06. The lowest BCUT2D eigenvalue weighted by molar-refractivity contribution is -0.312. The lowest BCUT2D eigenvalue weighted by Gasteiger charge is -2.16. The van der Waals surface area contributed by atoms with Crippen molar-refractivity contribution in [1.29, 1.82) is 0 Å². The third-order valence-corrected chi connectivity index (χ3v) is 3.51. The van der Waals surface area contributed by atoms with Gasteiger partial charge in [0.2, 0.25) is 0 Å². The summed E-state index contributed by atoms with van der Waals surface area (Å²) in [5.41, 5.74) is 0.0489. The van der Waals surface area contributed by atoms with E-state index < -0.39 is 0 Å². The van der Waals surface area contributed by atoms with Crippen LogP contribution in [0, 0.1) is 0 Å². The molecule has 3 rings (SSSR count). The first-order valence-electron chi connectivity index (χ1n) is 5.22. The van der Waals surface area contributed by atoms with Crippen molar-refractivity contribution in [2.24, 2.45) is 0 Å². The van der Waals surface area contributed by atoms with Gasteiger partial charge in [0.15, 0.2) is 0 Å². The van der Waals surface area contributed by atoms with Gasteiger partial charge in [-0.3, -0.25) is 0 Å². The molecule has 3 unspecified atom stereocenters. The van der Waals surface area contributed by atoms with Gasteiger partial charge < -0.3 is 9.47 Å². The van der Waals surface area contributed by atoms with Crippen molar-refractivity contribution in [3.8, 4) is 0 Å². The molecule has 0 aromatic heterocycles. The number of ether oxygens (including phenoxy) is 2.